The Hall–Kier alpha value is -2.42. The number of carbonyl (C=O) groups excluding carboxylic acids is 2. The molecule has 1 unspecified atom stereocenters. The molecule has 7 nitrogen and oxygen atoms in total. The predicted molar refractivity (Wildman–Crippen MR) is 112 cm³/mol. The third-order valence-electron chi connectivity index (χ3n) is 4.23. The first-order valence-electron chi connectivity index (χ1n) is 8.74. The minimum atomic E-state index is -3.84. The summed E-state index contributed by atoms with van der Waals surface area (Å²) in [6.07, 6.45) is -1.09. The molecule has 9 heteroatoms. The molecule has 1 atom stereocenters. The Balaban J connectivity index is 2.17. The monoisotopic (exact) mass is 438 g/mol. The fraction of sp³-hybridized carbons (Fsp3) is 0.300. The number of amides is 1. The number of esters is 1. The van der Waals surface area contributed by atoms with Crippen molar-refractivity contribution in [2.45, 2.75) is 31.8 Å². The van der Waals surface area contributed by atoms with Gasteiger partial charge in [-0.05, 0) is 56.2 Å². The van der Waals surface area contributed by atoms with Crippen molar-refractivity contribution in [2.24, 2.45) is 0 Å². The van der Waals surface area contributed by atoms with Crippen LogP contribution >= 0.6 is 11.6 Å². The molecule has 0 aliphatic rings. The molecule has 0 spiro atoms. The Morgan fingerprint density at radius 2 is 1.76 bits per heavy atom. The maximum Gasteiger partial charge on any atom is 0.338 e. The number of nitrogens with zero attached hydrogens (tertiary/aromatic N) is 1. The summed E-state index contributed by atoms with van der Waals surface area (Å²) in [5.74, 6) is -1.33. The number of halogens is 1. The zero-order valence-electron chi connectivity index (χ0n) is 16.8. The van der Waals surface area contributed by atoms with Gasteiger partial charge in [-0.15, -0.1) is 0 Å². The normalized spacial score (nSPS) is 12.5. The number of benzene rings is 2. The van der Waals surface area contributed by atoms with Crippen molar-refractivity contribution in [3.63, 3.8) is 0 Å². The molecule has 0 aromatic heterocycles. The van der Waals surface area contributed by atoms with Crippen molar-refractivity contribution in [3.8, 4) is 0 Å². The minimum Gasteiger partial charge on any atom is -0.449 e. The largest absolute Gasteiger partial charge is 0.449 e. The second kappa shape index (κ2) is 8.94. The van der Waals surface area contributed by atoms with Crippen LogP contribution in [0.25, 0.3) is 0 Å². The van der Waals surface area contributed by atoms with Crippen LogP contribution in [0.2, 0.25) is 5.02 Å². The van der Waals surface area contributed by atoms with Crippen LogP contribution in [-0.2, 0) is 19.6 Å². The van der Waals surface area contributed by atoms with Gasteiger partial charge in [0.1, 0.15) is 4.90 Å². The minimum absolute atomic E-state index is 0.0176. The molecule has 0 saturated carbocycles. The average molecular weight is 439 g/mol. The highest BCUT2D eigenvalue weighted by molar-refractivity contribution is 7.89. The van der Waals surface area contributed by atoms with E-state index in [1.54, 1.807) is 0 Å². The zero-order valence-corrected chi connectivity index (χ0v) is 18.4. The molecule has 0 radical (unpaired) electrons. The van der Waals surface area contributed by atoms with Gasteiger partial charge in [0.2, 0.25) is 10.0 Å². The lowest BCUT2D eigenvalue weighted by molar-refractivity contribution is -0.123. The lowest BCUT2D eigenvalue weighted by Crippen LogP contribution is -2.30. The molecule has 2 aromatic rings. The standard InChI is InChI=1S/C20H23ClN2O5S/c1-12-6-7-13(2)17(10-12)22-19(24)14(3)28-20(25)15-8-9-16(21)18(11-15)29(26,27)23(4)5/h6-11,14H,1-5H3,(H,22,24). The maximum atomic E-state index is 12.4. The summed E-state index contributed by atoms with van der Waals surface area (Å²) in [4.78, 5) is 24.6. The molecular formula is C20H23ClN2O5S. The number of rotatable bonds is 6. The number of carbonyl (C=O) groups is 2. The number of hydrogen-bond acceptors (Lipinski definition) is 5. The van der Waals surface area contributed by atoms with E-state index in [0.717, 1.165) is 21.5 Å². The highest BCUT2D eigenvalue weighted by Crippen LogP contribution is 2.25. The van der Waals surface area contributed by atoms with E-state index in [0.29, 0.717) is 5.69 Å². The lowest BCUT2D eigenvalue weighted by Gasteiger charge is -2.16. The summed E-state index contributed by atoms with van der Waals surface area (Å²) < 4.78 is 30.9. The van der Waals surface area contributed by atoms with Crippen LogP contribution in [0.15, 0.2) is 41.3 Å². The molecule has 2 rings (SSSR count). The van der Waals surface area contributed by atoms with E-state index in [9.17, 15) is 18.0 Å². The van der Waals surface area contributed by atoms with Gasteiger partial charge in [0.05, 0.1) is 10.6 Å². The van der Waals surface area contributed by atoms with Gasteiger partial charge < -0.3 is 10.1 Å². The number of sulfonamides is 1. The molecule has 2 aromatic carbocycles. The predicted octanol–water partition coefficient (Wildman–Crippen LogP) is 3.39. The number of anilines is 1. The SMILES string of the molecule is Cc1ccc(C)c(NC(=O)C(C)OC(=O)c2ccc(Cl)c(S(=O)(=O)N(C)C)c2)c1. The highest BCUT2D eigenvalue weighted by atomic mass is 35.5. The highest BCUT2D eigenvalue weighted by Gasteiger charge is 2.25. The number of nitrogens with one attached hydrogen (secondary N) is 1. The van der Waals surface area contributed by atoms with E-state index < -0.39 is 28.0 Å². The Kier molecular flexibility index (Phi) is 7.05. The number of aryl methyl sites for hydroxylation is 2. The number of ether oxygens (including phenoxy) is 1. The third kappa shape index (κ3) is 5.35. The molecular weight excluding hydrogens is 416 g/mol. The van der Waals surface area contributed by atoms with Crippen molar-refractivity contribution in [1.82, 2.24) is 4.31 Å². The summed E-state index contributed by atoms with van der Waals surface area (Å²) in [6.45, 7) is 5.19. The Labute approximate surface area is 175 Å². The van der Waals surface area contributed by atoms with Gasteiger partial charge >= 0.3 is 5.97 Å². The number of hydrogen-bond donors (Lipinski definition) is 1. The van der Waals surface area contributed by atoms with E-state index in [1.165, 1.54) is 33.2 Å². The topological polar surface area (TPSA) is 92.8 Å². The Morgan fingerprint density at radius 3 is 2.38 bits per heavy atom. The molecule has 1 N–H and O–H groups in total. The van der Waals surface area contributed by atoms with Crippen LogP contribution in [0.5, 0.6) is 0 Å². The Bertz CT molecular complexity index is 1050. The molecule has 0 bridgehead atoms. The first-order valence-corrected chi connectivity index (χ1v) is 10.6. The summed E-state index contributed by atoms with van der Waals surface area (Å²) in [7, 11) is -1.13. The third-order valence-corrected chi connectivity index (χ3v) is 6.53. The van der Waals surface area contributed by atoms with E-state index in [-0.39, 0.29) is 15.5 Å². The molecule has 1 amide bonds. The zero-order chi connectivity index (χ0) is 21.9. The van der Waals surface area contributed by atoms with Gasteiger partial charge in [-0.1, -0.05) is 23.7 Å². The molecule has 0 saturated heterocycles. The quantitative estimate of drug-likeness (QED) is 0.698. The second-order valence-electron chi connectivity index (χ2n) is 6.79. The van der Waals surface area contributed by atoms with E-state index in [2.05, 4.69) is 5.32 Å². The molecule has 29 heavy (non-hydrogen) atoms. The summed E-state index contributed by atoms with van der Waals surface area (Å²) in [5, 5.41) is 2.71. The fourth-order valence-electron chi connectivity index (χ4n) is 2.41. The van der Waals surface area contributed by atoms with E-state index >= 15 is 0 Å². The van der Waals surface area contributed by atoms with Crippen molar-refractivity contribution in [2.75, 3.05) is 19.4 Å². The van der Waals surface area contributed by atoms with Crippen molar-refractivity contribution in [3.05, 3.63) is 58.1 Å². The summed E-state index contributed by atoms with van der Waals surface area (Å²) in [6, 6.07) is 9.40. The molecule has 0 aliphatic heterocycles. The van der Waals surface area contributed by atoms with Crippen LogP contribution in [0.1, 0.15) is 28.4 Å². The van der Waals surface area contributed by atoms with Crippen molar-refractivity contribution in [1.29, 1.82) is 0 Å². The maximum absolute atomic E-state index is 12.4. The first-order chi connectivity index (χ1) is 13.4. The smallest absolute Gasteiger partial charge is 0.338 e. The van der Waals surface area contributed by atoms with Crippen molar-refractivity contribution < 1.29 is 22.7 Å². The van der Waals surface area contributed by atoms with E-state index in [4.69, 9.17) is 16.3 Å². The van der Waals surface area contributed by atoms with E-state index in [1.807, 2.05) is 32.0 Å². The summed E-state index contributed by atoms with van der Waals surface area (Å²) >= 11 is 5.98. The van der Waals surface area contributed by atoms with Gasteiger partial charge in [-0.2, -0.15) is 0 Å². The van der Waals surface area contributed by atoms with Gasteiger partial charge in [0.15, 0.2) is 6.10 Å². The van der Waals surface area contributed by atoms with Crippen LogP contribution in [0.3, 0.4) is 0 Å². The molecule has 0 heterocycles. The molecule has 156 valence electrons. The van der Waals surface area contributed by atoms with Gasteiger partial charge in [0.25, 0.3) is 5.91 Å². The van der Waals surface area contributed by atoms with Gasteiger partial charge in [-0.3, -0.25) is 4.79 Å². The van der Waals surface area contributed by atoms with Crippen molar-refractivity contribution >= 4 is 39.2 Å². The van der Waals surface area contributed by atoms with Crippen LogP contribution in [0, 0.1) is 13.8 Å². The molecule has 0 fully saturated rings. The van der Waals surface area contributed by atoms with Crippen LogP contribution < -0.4 is 5.32 Å². The second-order valence-corrected chi connectivity index (χ2v) is 9.32. The Morgan fingerprint density at radius 1 is 1.10 bits per heavy atom. The fourth-order valence-corrected chi connectivity index (χ4v) is 3.81. The van der Waals surface area contributed by atoms with Crippen LogP contribution in [0.4, 0.5) is 5.69 Å². The summed E-state index contributed by atoms with van der Waals surface area (Å²) in [5.41, 5.74) is 2.45. The van der Waals surface area contributed by atoms with Crippen LogP contribution in [-0.4, -0.2) is 44.8 Å². The first kappa shape index (κ1) is 22.9. The lowest BCUT2D eigenvalue weighted by atomic mass is 10.1. The van der Waals surface area contributed by atoms with Gasteiger partial charge in [0, 0.05) is 19.8 Å². The van der Waals surface area contributed by atoms with Gasteiger partial charge in [-0.25, -0.2) is 17.5 Å². The average Bonchev–Trinajstić information content (AvgIpc) is 2.64. The molecule has 0 aliphatic carbocycles.